The Morgan fingerprint density at radius 2 is 1.61 bits per heavy atom. The van der Waals surface area contributed by atoms with E-state index >= 15 is 0 Å². The molecule has 0 unspecified atom stereocenters. The molecule has 0 saturated carbocycles. The molecule has 1 rings (SSSR count). The average molecular weight is 317 g/mol. The lowest BCUT2D eigenvalue weighted by Gasteiger charge is -2.18. The number of hydrogen-bond donors (Lipinski definition) is 1. The number of aromatic nitrogens is 1. The summed E-state index contributed by atoms with van der Waals surface area (Å²) < 4.78 is 0. The summed E-state index contributed by atoms with van der Waals surface area (Å²) >= 11 is 0. The molecule has 128 valence electrons. The Hall–Kier alpha value is -1.41. The molecule has 1 heterocycles. The van der Waals surface area contributed by atoms with Crippen LogP contribution in [0, 0.1) is 17.0 Å². The number of rotatable bonds is 12. The van der Waals surface area contributed by atoms with E-state index in [-0.39, 0.29) is 11.8 Å². The van der Waals surface area contributed by atoms with E-state index in [1.807, 2.05) is 12.3 Å². The van der Waals surface area contributed by atoms with Crippen molar-refractivity contribution >= 4 is 0 Å². The zero-order valence-electron chi connectivity index (χ0n) is 14.0. The summed E-state index contributed by atoms with van der Waals surface area (Å²) in [6, 6.07) is 4.06. The van der Waals surface area contributed by atoms with Crippen molar-refractivity contribution in [1.29, 1.82) is 0 Å². The van der Waals surface area contributed by atoms with Gasteiger partial charge in [0.05, 0.1) is 0 Å². The topological polar surface area (TPSA) is 59.4 Å². The zero-order chi connectivity index (χ0) is 16.6. The van der Waals surface area contributed by atoms with Crippen LogP contribution < -0.4 is 0 Å². The van der Waals surface area contributed by atoms with Gasteiger partial charge in [-0.25, -0.2) is 0 Å². The van der Waals surface area contributed by atoms with Crippen LogP contribution >= 0.6 is 0 Å². The average Bonchev–Trinajstić information content (AvgIpc) is 2.56. The van der Waals surface area contributed by atoms with Crippen molar-refractivity contribution in [1.82, 2.24) is 10.2 Å². The predicted octanol–water partition coefficient (Wildman–Crippen LogP) is 4.72. The van der Waals surface area contributed by atoms with Gasteiger partial charge in [-0.2, -0.15) is 0 Å². The van der Waals surface area contributed by atoms with Crippen molar-refractivity contribution < 1.29 is 5.21 Å². The van der Waals surface area contributed by atoms with E-state index in [4.69, 9.17) is 5.21 Å². The highest BCUT2D eigenvalue weighted by Gasteiger charge is 1.93. The molecular formula is C19H29N2O2-. The largest absolute Gasteiger partial charge is 0.762 e. The van der Waals surface area contributed by atoms with Crippen LogP contribution in [0.5, 0.6) is 0 Å². The van der Waals surface area contributed by atoms with Gasteiger partial charge in [0.25, 0.3) is 0 Å². The van der Waals surface area contributed by atoms with E-state index in [1.54, 1.807) is 6.20 Å². The van der Waals surface area contributed by atoms with Crippen LogP contribution in [-0.4, -0.2) is 22.0 Å². The van der Waals surface area contributed by atoms with E-state index in [1.165, 1.54) is 37.7 Å². The molecule has 0 bridgehead atoms. The summed E-state index contributed by atoms with van der Waals surface area (Å²) in [6.07, 6.45) is 15.8. The number of hydroxylamine groups is 2. The lowest BCUT2D eigenvalue weighted by atomic mass is 10.1. The molecule has 1 N–H and O–H groups in total. The van der Waals surface area contributed by atoms with Crippen LogP contribution in [0.25, 0.3) is 0 Å². The van der Waals surface area contributed by atoms with Crippen molar-refractivity contribution in [2.45, 2.75) is 70.6 Å². The van der Waals surface area contributed by atoms with Crippen molar-refractivity contribution in [3.05, 3.63) is 35.3 Å². The molecule has 0 aromatic carbocycles. The molecule has 0 spiro atoms. The zero-order valence-corrected chi connectivity index (χ0v) is 14.0. The lowest BCUT2D eigenvalue weighted by molar-refractivity contribution is -0.0414. The molecule has 23 heavy (non-hydrogen) atoms. The van der Waals surface area contributed by atoms with E-state index < -0.39 is 0 Å². The first-order chi connectivity index (χ1) is 11.3. The fourth-order valence-corrected chi connectivity index (χ4v) is 2.45. The van der Waals surface area contributed by atoms with Crippen LogP contribution in [0.1, 0.15) is 69.8 Å². The highest BCUT2D eigenvalue weighted by Crippen LogP contribution is 2.09. The minimum Gasteiger partial charge on any atom is -0.762 e. The van der Waals surface area contributed by atoms with Crippen molar-refractivity contribution in [2.75, 3.05) is 6.54 Å². The fourth-order valence-electron chi connectivity index (χ4n) is 2.45. The number of nitrogens with zero attached hydrogens (tertiary/aromatic N) is 2. The Labute approximate surface area is 140 Å². The summed E-state index contributed by atoms with van der Waals surface area (Å²) in [4.78, 5) is 4.10. The van der Waals surface area contributed by atoms with E-state index in [0.717, 1.165) is 38.5 Å². The molecule has 4 nitrogen and oxygen atoms in total. The van der Waals surface area contributed by atoms with Crippen LogP contribution in [0.2, 0.25) is 0 Å². The normalized spacial score (nSPS) is 10.6. The van der Waals surface area contributed by atoms with Crippen molar-refractivity contribution in [3.63, 3.8) is 0 Å². The first-order valence-corrected chi connectivity index (χ1v) is 8.77. The van der Waals surface area contributed by atoms with Gasteiger partial charge < -0.3 is 10.4 Å². The van der Waals surface area contributed by atoms with Crippen molar-refractivity contribution in [2.24, 2.45) is 0 Å². The van der Waals surface area contributed by atoms with Gasteiger partial charge in [0.2, 0.25) is 0 Å². The van der Waals surface area contributed by atoms with Gasteiger partial charge in [0.1, 0.15) is 0 Å². The first kappa shape index (κ1) is 19.6. The van der Waals surface area contributed by atoms with E-state index in [0.29, 0.717) is 0 Å². The molecule has 1 aromatic rings. The number of pyridine rings is 1. The summed E-state index contributed by atoms with van der Waals surface area (Å²) in [7, 11) is 0. The second kappa shape index (κ2) is 14.2. The summed E-state index contributed by atoms with van der Waals surface area (Å²) in [5.74, 6) is 6.50. The smallest absolute Gasteiger partial charge is 0.0300 e. The predicted molar refractivity (Wildman–Crippen MR) is 93.7 cm³/mol. The minimum atomic E-state index is 0.0256. The summed E-state index contributed by atoms with van der Waals surface area (Å²) in [5.41, 5.74) is 1.25. The second-order valence-electron chi connectivity index (χ2n) is 5.87. The number of unbranched alkanes of at least 4 members (excludes halogenated alkanes) is 8. The molecule has 0 amide bonds. The van der Waals surface area contributed by atoms with Gasteiger partial charge in [-0.3, -0.25) is 10.2 Å². The Morgan fingerprint density at radius 1 is 0.957 bits per heavy atom. The number of aryl methyl sites for hydroxylation is 1. The SMILES string of the molecule is [O-]N(O)CCCCCCCCCCC#CCCc1cccnc1. The van der Waals surface area contributed by atoms with Crippen LogP contribution in [0.4, 0.5) is 0 Å². The Balaban J connectivity index is 1.82. The van der Waals surface area contributed by atoms with Crippen molar-refractivity contribution in [3.8, 4) is 11.8 Å². The Kier molecular flexibility index (Phi) is 12.1. The van der Waals surface area contributed by atoms with Crippen LogP contribution in [-0.2, 0) is 6.42 Å². The van der Waals surface area contributed by atoms with Gasteiger partial charge in [0, 0.05) is 31.8 Å². The highest BCUT2D eigenvalue weighted by molar-refractivity contribution is 5.11. The second-order valence-corrected chi connectivity index (χ2v) is 5.87. The third kappa shape index (κ3) is 12.8. The molecule has 0 aliphatic heterocycles. The monoisotopic (exact) mass is 317 g/mol. The first-order valence-electron chi connectivity index (χ1n) is 8.77. The Morgan fingerprint density at radius 3 is 2.26 bits per heavy atom. The van der Waals surface area contributed by atoms with Crippen LogP contribution in [0.15, 0.2) is 24.5 Å². The third-order valence-corrected chi connectivity index (χ3v) is 3.79. The molecule has 0 fully saturated rings. The highest BCUT2D eigenvalue weighted by atomic mass is 16.8. The molecule has 0 aliphatic carbocycles. The van der Waals surface area contributed by atoms with Gasteiger partial charge in [-0.15, -0.1) is 11.8 Å². The quantitative estimate of drug-likeness (QED) is 0.344. The van der Waals surface area contributed by atoms with Gasteiger partial charge in [-0.05, 0) is 30.9 Å². The maximum Gasteiger partial charge on any atom is 0.0300 e. The summed E-state index contributed by atoms with van der Waals surface area (Å²) in [5, 5.41) is 18.8. The molecule has 0 radical (unpaired) electrons. The van der Waals surface area contributed by atoms with Gasteiger partial charge in [0.15, 0.2) is 0 Å². The van der Waals surface area contributed by atoms with E-state index in [2.05, 4.69) is 22.9 Å². The molecule has 0 atom stereocenters. The third-order valence-electron chi connectivity index (χ3n) is 3.79. The molecule has 0 aliphatic rings. The van der Waals surface area contributed by atoms with E-state index in [9.17, 15) is 5.21 Å². The molecule has 0 saturated heterocycles. The molecule has 1 aromatic heterocycles. The lowest BCUT2D eigenvalue weighted by Crippen LogP contribution is -2.11. The molecule has 4 heteroatoms. The number of hydrogen-bond acceptors (Lipinski definition) is 4. The standard InChI is InChI=1S/C19H29N2O2/c22-21(23)17-12-10-8-6-4-2-1-3-5-7-9-11-14-19-15-13-16-20-18-19/h13,15-16,18,22H,1-6,8,10-12,14,17H2/q-1. The van der Waals surface area contributed by atoms with Gasteiger partial charge in [-0.1, -0.05) is 44.6 Å². The minimum absolute atomic E-state index is 0.0256. The summed E-state index contributed by atoms with van der Waals surface area (Å²) in [6.45, 7) is 0.236. The Bertz CT molecular complexity index is 438. The van der Waals surface area contributed by atoms with Gasteiger partial charge >= 0.3 is 0 Å². The maximum atomic E-state index is 10.3. The molecular weight excluding hydrogens is 288 g/mol. The maximum absolute atomic E-state index is 10.3. The fraction of sp³-hybridized carbons (Fsp3) is 0.632. The van der Waals surface area contributed by atoms with Crippen LogP contribution in [0.3, 0.4) is 0 Å².